The highest BCUT2D eigenvalue weighted by Crippen LogP contribution is 2.25. The highest BCUT2D eigenvalue weighted by Gasteiger charge is 2.34. The maximum Gasteiger partial charge on any atom is 0.323 e. The lowest BCUT2D eigenvalue weighted by Crippen LogP contribution is -2.54. The van der Waals surface area contributed by atoms with Crippen molar-refractivity contribution < 1.29 is 19.4 Å². The van der Waals surface area contributed by atoms with Crippen LogP contribution in [0.3, 0.4) is 0 Å². The molecule has 2 amide bonds. The first-order valence-corrected chi connectivity index (χ1v) is 6.92. The monoisotopic (exact) mass is 270 g/mol. The van der Waals surface area contributed by atoms with Crippen LogP contribution in [0, 0.1) is 0 Å². The molecule has 0 aromatic carbocycles. The summed E-state index contributed by atoms with van der Waals surface area (Å²) in [6, 6.07) is -0.0431. The van der Waals surface area contributed by atoms with E-state index in [1.807, 2.05) is 0 Å². The minimum absolute atomic E-state index is 0.0781. The summed E-state index contributed by atoms with van der Waals surface area (Å²) in [4.78, 5) is 24.6. The lowest BCUT2D eigenvalue weighted by molar-refractivity contribution is -0.138. The second kappa shape index (κ2) is 6.23. The van der Waals surface area contributed by atoms with E-state index in [0.29, 0.717) is 0 Å². The molecule has 0 aliphatic heterocycles. The topological polar surface area (TPSA) is 78.9 Å². The van der Waals surface area contributed by atoms with Crippen LogP contribution in [-0.4, -0.2) is 53.8 Å². The van der Waals surface area contributed by atoms with Gasteiger partial charge in [-0.15, -0.1) is 0 Å². The number of nitrogens with one attached hydrogen (secondary N) is 1. The van der Waals surface area contributed by atoms with E-state index in [1.54, 1.807) is 7.11 Å². The average molecular weight is 270 g/mol. The minimum Gasteiger partial charge on any atom is -0.480 e. The molecule has 6 heteroatoms. The van der Waals surface area contributed by atoms with Crippen molar-refractivity contribution in [1.82, 2.24) is 10.2 Å². The standard InChI is InChI=1S/C13H22N2O4/c1-19-11-6-9(7-11)14-13(18)15(8-12(16)17)10-4-2-3-5-10/h9-11H,2-8H2,1H3,(H,14,18)(H,16,17). The summed E-state index contributed by atoms with van der Waals surface area (Å²) in [5.41, 5.74) is 0. The minimum atomic E-state index is -0.953. The number of urea groups is 1. The van der Waals surface area contributed by atoms with Crippen LogP contribution in [0.1, 0.15) is 38.5 Å². The lowest BCUT2D eigenvalue weighted by Gasteiger charge is -2.37. The molecule has 0 heterocycles. The van der Waals surface area contributed by atoms with Crippen molar-refractivity contribution >= 4 is 12.0 Å². The number of rotatable bonds is 5. The van der Waals surface area contributed by atoms with Gasteiger partial charge in [-0.05, 0) is 25.7 Å². The van der Waals surface area contributed by atoms with Gasteiger partial charge >= 0.3 is 12.0 Å². The Bertz CT molecular complexity index is 336. The fraction of sp³-hybridized carbons (Fsp3) is 0.846. The first kappa shape index (κ1) is 14.1. The quantitative estimate of drug-likeness (QED) is 0.787. The molecule has 2 fully saturated rings. The summed E-state index contributed by atoms with van der Waals surface area (Å²) in [6.07, 6.45) is 5.82. The Labute approximate surface area is 113 Å². The number of amides is 2. The highest BCUT2D eigenvalue weighted by molar-refractivity contribution is 5.80. The molecule has 0 spiro atoms. The fourth-order valence-corrected chi connectivity index (χ4v) is 2.86. The molecule has 6 nitrogen and oxygen atoms in total. The summed E-state index contributed by atoms with van der Waals surface area (Å²) in [6.45, 7) is -0.211. The van der Waals surface area contributed by atoms with E-state index in [0.717, 1.165) is 38.5 Å². The molecule has 2 N–H and O–H groups in total. The van der Waals surface area contributed by atoms with Crippen molar-refractivity contribution in [2.45, 2.75) is 56.7 Å². The zero-order chi connectivity index (χ0) is 13.8. The molecule has 2 saturated carbocycles. The first-order valence-electron chi connectivity index (χ1n) is 6.92. The molecule has 0 aromatic rings. The van der Waals surface area contributed by atoms with Gasteiger partial charge in [0.2, 0.25) is 0 Å². The molecule has 0 aromatic heterocycles. The van der Waals surface area contributed by atoms with E-state index in [-0.39, 0.29) is 30.8 Å². The number of nitrogens with zero attached hydrogens (tertiary/aromatic N) is 1. The van der Waals surface area contributed by atoms with E-state index >= 15 is 0 Å². The van der Waals surface area contributed by atoms with Gasteiger partial charge in [0, 0.05) is 19.2 Å². The molecular formula is C13H22N2O4. The predicted molar refractivity (Wildman–Crippen MR) is 68.9 cm³/mol. The molecule has 0 atom stereocenters. The SMILES string of the molecule is COC1CC(NC(=O)N(CC(=O)O)C2CCCC2)C1. The maximum absolute atomic E-state index is 12.2. The molecule has 0 saturated heterocycles. The van der Waals surface area contributed by atoms with Crippen LogP contribution < -0.4 is 5.32 Å². The number of carbonyl (C=O) groups is 2. The summed E-state index contributed by atoms with van der Waals surface area (Å²) >= 11 is 0. The molecule has 0 radical (unpaired) electrons. The van der Waals surface area contributed by atoms with E-state index in [2.05, 4.69) is 5.32 Å². The van der Waals surface area contributed by atoms with Crippen LogP contribution in [0.25, 0.3) is 0 Å². The Morgan fingerprint density at radius 3 is 2.47 bits per heavy atom. The van der Waals surface area contributed by atoms with E-state index in [4.69, 9.17) is 9.84 Å². The summed E-state index contributed by atoms with van der Waals surface area (Å²) in [5.74, 6) is -0.953. The zero-order valence-electron chi connectivity index (χ0n) is 11.3. The number of ether oxygens (including phenoxy) is 1. The van der Waals surface area contributed by atoms with Gasteiger partial charge in [0.15, 0.2) is 0 Å². The molecule has 19 heavy (non-hydrogen) atoms. The third-order valence-corrected chi connectivity index (χ3v) is 4.09. The Morgan fingerprint density at radius 2 is 1.95 bits per heavy atom. The first-order chi connectivity index (χ1) is 9.10. The van der Waals surface area contributed by atoms with E-state index in [1.165, 1.54) is 4.90 Å². The number of carbonyl (C=O) groups excluding carboxylic acids is 1. The predicted octanol–water partition coefficient (Wildman–Crippen LogP) is 1.20. The Kier molecular flexibility index (Phi) is 4.63. The Balaban J connectivity index is 1.86. The van der Waals surface area contributed by atoms with Crippen molar-refractivity contribution in [3.8, 4) is 0 Å². The van der Waals surface area contributed by atoms with Crippen molar-refractivity contribution in [1.29, 1.82) is 0 Å². The van der Waals surface area contributed by atoms with Crippen molar-refractivity contribution in [3.05, 3.63) is 0 Å². The zero-order valence-corrected chi connectivity index (χ0v) is 11.3. The number of carboxylic acids is 1. The maximum atomic E-state index is 12.2. The van der Waals surface area contributed by atoms with E-state index in [9.17, 15) is 9.59 Å². The number of methoxy groups -OCH3 is 1. The van der Waals surface area contributed by atoms with Crippen molar-refractivity contribution in [2.75, 3.05) is 13.7 Å². The number of carboxylic acid groups (broad SMARTS) is 1. The summed E-state index contributed by atoms with van der Waals surface area (Å²) in [5, 5.41) is 11.8. The molecule has 108 valence electrons. The molecule has 2 aliphatic carbocycles. The lowest BCUT2D eigenvalue weighted by atomic mass is 9.89. The Morgan fingerprint density at radius 1 is 1.32 bits per heavy atom. The molecular weight excluding hydrogens is 248 g/mol. The van der Waals surface area contributed by atoms with Gasteiger partial charge in [0.25, 0.3) is 0 Å². The van der Waals surface area contributed by atoms with Crippen LogP contribution in [0.4, 0.5) is 4.79 Å². The molecule has 2 rings (SSSR count). The molecule has 0 bridgehead atoms. The Hall–Kier alpha value is -1.30. The molecule has 0 unspecified atom stereocenters. The van der Waals surface area contributed by atoms with E-state index < -0.39 is 5.97 Å². The van der Waals surface area contributed by atoms with Gasteiger partial charge in [-0.3, -0.25) is 4.79 Å². The van der Waals surface area contributed by atoms with Gasteiger partial charge < -0.3 is 20.1 Å². The van der Waals surface area contributed by atoms with Crippen molar-refractivity contribution in [3.63, 3.8) is 0 Å². The van der Waals surface area contributed by atoms with Crippen LogP contribution in [0.15, 0.2) is 0 Å². The second-order valence-corrected chi connectivity index (χ2v) is 5.44. The number of hydrogen-bond acceptors (Lipinski definition) is 3. The van der Waals surface area contributed by atoms with Gasteiger partial charge in [-0.25, -0.2) is 4.79 Å². The van der Waals surface area contributed by atoms with Gasteiger partial charge in [0.05, 0.1) is 6.10 Å². The third kappa shape index (κ3) is 3.59. The van der Waals surface area contributed by atoms with Crippen LogP contribution in [0.5, 0.6) is 0 Å². The van der Waals surface area contributed by atoms with Crippen LogP contribution in [-0.2, 0) is 9.53 Å². The summed E-state index contributed by atoms with van der Waals surface area (Å²) < 4.78 is 5.16. The number of aliphatic carboxylic acids is 1. The smallest absolute Gasteiger partial charge is 0.323 e. The third-order valence-electron chi connectivity index (χ3n) is 4.09. The molecule has 2 aliphatic rings. The van der Waals surface area contributed by atoms with Crippen molar-refractivity contribution in [2.24, 2.45) is 0 Å². The normalized spacial score (nSPS) is 26.8. The van der Waals surface area contributed by atoms with Crippen LogP contribution in [0.2, 0.25) is 0 Å². The van der Waals surface area contributed by atoms with Gasteiger partial charge in [-0.2, -0.15) is 0 Å². The van der Waals surface area contributed by atoms with Gasteiger partial charge in [0.1, 0.15) is 6.54 Å². The second-order valence-electron chi connectivity index (χ2n) is 5.44. The van der Waals surface area contributed by atoms with Gasteiger partial charge in [-0.1, -0.05) is 12.8 Å². The number of hydrogen-bond donors (Lipinski definition) is 2. The summed E-state index contributed by atoms with van der Waals surface area (Å²) in [7, 11) is 1.66. The average Bonchev–Trinajstić information content (AvgIpc) is 2.83. The highest BCUT2D eigenvalue weighted by atomic mass is 16.5. The van der Waals surface area contributed by atoms with Crippen LogP contribution >= 0.6 is 0 Å². The fourth-order valence-electron chi connectivity index (χ4n) is 2.86. The largest absolute Gasteiger partial charge is 0.480 e.